The van der Waals surface area contributed by atoms with Gasteiger partial charge < -0.3 is 15.4 Å². The van der Waals surface area contributed by atoms with Crippen molar-refractivity contribution in [2.24, 2.45) is 0 Å². The van der Waals surface area contributed by atoms with E-state index in [1.807, 2.05) is 18.2 Å². The first kappa shape index (κ1) is 11.9. The molecule has 4 heteroatoms. The summed E-state index contributed by atoms with van der Waals surface area (Å²) >= 11 is 0. The molecule has 0 aliphatic heterocycles. The van der Waals surface area contributed by atoms with E-state index in [2.05, 4.69) is 16.5 Å². The fourth-order valence-corrected chi connectivity index (χ4v) is 2.14. The maximum atomic E-state index is 8.80. The van der Waals surface area contributed by atoms with Gasteiger partial charge in [-0.15, -0.1) is 0 Å². The van der Waals surface area contributed by atoms with Crippen molar-refractivity contribution in [2.75, 3.05) is 12.3 Å². The largest absolute Gasteiger partial charge is 0.399 e. The Morgan fingerprint density at radius 1 is 1.35 bits per heavy atom. The second-order valence-electron chi connectivity index (χ2n) is 4.20. The lowest BCUT2D eigenvalue weighted by molar-refractivity contribution is 0.284. The maximum absolute atomic E-state index is 8.80. The first-order chi connectivity index (χ1) is 8.26. The van der Waals surface area contributed by atoms with Crippen molar-refractivity contribution < 1.29 is 5.11 Å². The van der Waals surface area contributed by atoms with E-state index in [9.17, 15) is 0 Å². The first-order valence-electron chi connectivity index (χ1n) is 6.11. The van der Waals surface area contributed by atoms with Crippen molar-refractivity contribution in [3.8, 4) is 0 Å². The minimum atomic E-state index is 0.249. The van der Waals surface area contributed by atoms with Gasteiger partial charge in [0.05, 0.1) is 11.0 Å². The van der Waals surface area contributed by atoms with Gasteiger partial charge in [0, 0.05) is 25.3 Å². The van der Waals surface area contributed by atoms with Crippen LogP contribution < -0.4 is 5.73 Å². The molecule has 4 nitrogen and oxygen atoms in total. The monoisotopic (exact) mass is 233 g/mol. The lowest BCUT2D eigenvalue weighted by Gasteiger charge is -2.05. The Morgan fingerprint density at radius 2 is 2.18 bits per heavy atom. The van der Waals surface area contributed by atoms with E-state index in [0.717, 1.165) is 48.4 Å². The molecular weight excluding hydrogens is 214 g/mol. The van der Waals surface area contributed by atoms with Crippen molar-refractivity contribution >= 4 is 16.7 Å². The van der Waals surface area contributed by atoms with Gasteiger partial charge in [0.1, 0.15) is 5.82 Å². The van der Waals surface area contributed by atoms with E-state index in [1.165, 1.54) is 0 Å². The standard InChI is InChI=1S/C13H19N3O/c1-2-16-12-7-6-10(14)9-11(12)15-13(16)5-3-4-8-17/h6-7,9,17H,2-5,8,14H2,1H3. The number of rotatable bonds is 5. The average Bonchev–Trinajstić information content (AvgIpc) is 2.66. The lowest BCUT2D eigenvalue weighted by atomic mass is 10.2. The van der Waals surface area contributed by atoms with Crippen LogP contribution in [0.4, 0.5) is 5.69 Å². The van der Waals surface area contributed by atoms with Crippen molar-refractivity contribution in [3.63, 3.8) is 0 Å². The van der Waals surface area contributed by atoms with Gasteiger partial charge in [0.15, 0.2) is 0 Å². The predicted octanol–water partition coefficient (Wildman–Crippen LogP) is 1.95. The number of hydrogen-bond acceptors (Lipinski definition) is 3. The summed E-state index contributed by atoms with van der Waals surface area (Å²) in [5.74, 6) is 1.08. The number of anilines is 1. The van der Waals surface area contributed by atoms with Gasteiger partial charge in [-0.25, -0.2) is 4.98 Å². The molecule has 0 bridgehead atoms. The third-order valence-corrected chi connectivity index (χ3v) is 2.98. The van der Waals surface area contributed by atoms with Gasteiger partial charge in [-0.05, 0) is 38.0 Å². The van der Waals surface area contributed by atoms with Crippen LogP contribution in [0.15, 0.2) is 18.2 Å². The second-order valence-corrected chi connectivity index (χ2v) is 4.20. The number of aliphatic hydroxyl groups excluding tert-OH is 1. The predicted molar refractivity (Wildman–Crippen MR) is 69.8 cm³/mol. The van der Waals surface area contributed by atoms with Gasteiger partial charge in [0.2, 0.25) is 0 Å². The van der Waals surface area contributed by atoms with E-state index in [0.29, 0.717) is 0 Å². The minimum Gasteiger partial charge on any atom is -0.399 e. The third kappa shape index (κ3) is 2.42. The highest BCUT2D eigenvalue weighted by Gasteiger charge is 2.08. The molecule has 0 saturated heterocycles. The van der Waals surface area contributed by atoms with Gasteiger partial charge >= 0.3 is 0 Å². The zero-order valence-corrected chi connectivity index (χ0v) is 10.2. The second kappa shape index (κ2) is 5.19. The molecule has 2 aromatic rings. The summed E-state index contributed by atoms with van der Waals surface area (Å²) in [5, 5.41) is 8.80. The SMILES string of the molecule is CCn1c(CCCCO)nc2cc(N)ccc21. The first-order valence-corrected chi connectivity index (χ1v) is 6.11. The van der Waals surface area contributed by atoms with Gasteiger partial charge in [-0.1, -0.05) is 0 Å². The Balaban J connectivity index is 2.34. The fraction of sp³-hybridized carbons (Fsp3) is 0.462. The molecule has 3 N–H and O–H groups in total. The molecule has 0 atom stereocenters. The molecule has 0 saturated carbocycles. The molecule has 1 aromatic carbocycles. The number of aliphatic hydroxyl groups is 1. The summed E-state index contributed by atoms with van der Waals surface area (Å²) in [7, 11) is 0. The number of nitrogen functional groups attached to an aromatic ring is 1. The van der Waals surface area contributed by atoms with Crippen molar-refractivity contribution in [3.05, 3.63) is 24.0 Å². The molecule has 0 amide bonds. The van der Waals surface area contributed by atoms with Crippen LogP contribution in [0.1, 0.15) is 25.6 Å². The quantitative estimate of drug-likeness (QED) is 0.613. The van der Waals surface area contributed by atoms with Gasteiger partial charge in [0.25, 0.3) is 0 Å². The molecule has 0 spiro atoms. The summed E-state index contributed by atoms with van der Waals surface area (Å²) in [6.07, 6.45) is 2.70. The molecule has 17 heavy (non-hydrogen) atoms. The van der Waals surface area contributed by atoms with E-state index in [1.54, 1.807) is 0 Å². The molecule has 0 aliphatic carbocycles. The number of aromatic nitrogens is 2. The topological polar surface area (TPSA) is 64.1 Å². The average molecular weight is 233 g/mol. The molecule has 0 radical (unpaired) electrons. The zero-order valence-electron chi connectivity index (χ0n) is 10.2. The van der Waals surface area contributed by atoms with Crippen LogP contribution in [0, 0.1) is 0 Å². The van der Waals surface area contributed by atoms with Crippen LogP contribution in [-0.2, 0) is 13.0 Å². The Bertz CT molecular complexity index is 505. The van der Waals surface area contributed by atoms with Crippen molar-refractivity contribution in [1.29, 1.82) is 0 Å². The fourth-order valence-electron chi connectivity index (χ4n) is 2.14. The summed E-state index contributed by atoms with van der Waals surface area (Å²) < 4.78 is 2.21. The smallest absolute Gasteiger partial charge is 0.109 e. The highest BCUT2D eigenvalue weighted by Crippen LogP contribution is 2.20. The number of nitrogens with two attached hydrogens (primary N) is 1. The number of nitrogens with zero attached hydrogens (tertiary/aromatic N) is 2. The highest BCUT2D eigenvalue weighted by atomic mass is 16.2. The maximum Gasteiger partial charge on any atom is 0.109 e. The van der Waals surface area contributed by atoms with Crippen molar-refractivity contribution in [1.82, 2.24) is 9.55 Å². The van der Waals surface area contributed by atoms with E-state index in [4.69, 9.17) is 10.8 Å². The molecule has 1 heterocycles. The Labute approximate surface area is 101 Å². The molecule has 2 rings (SSSR count). The van der Waals surface area contributed by atoms with E-state index in [-0.39, 0.29) is 6.61 Å². The number of imidazole rings is 1. The van der Waals surface area contributed by atoms with E-state index >= 15 is 0 Å². The summed E-state index contributed by atoms with van der Waals surface area (Å²) in [6.45, 7) is 3.28. The molecule has 92 valence electrons. The lowest BCUT2D eigenvalue weighted by Crippen LogP contribution is -2.02. The molecule has 0 aliphatic rings. The van der Waals surface area contributed by atoms with Crippen LogP contribution in [0.2, 0.25) is 0 Å². The zero-order chi connectivity index (χ0) is 12.3. The number of aryl methyl sites for hydroxylation is 2. The van der Waals surface area contributed by atoms with Crippen LogP contribution in [0.25, 0.3) is 11.0 Å². The number of hydrogen-bond donors (Lipinski definition) is 2. The number of fused-ring (bicyclic) bond motifs is 1. The molecule has 1 aromatic heterocycles. The normalized spacial score (nSPS) is 11.2. The van der Waals surface area contributed by atoms with Crippen LogP contribution in [-0.4, -0.2) is 21.3 Å². The van der Waals surface area contributed by atoms with Crippen LogP contribution in [0.5, 0.6) is 0 Å². The molecule has 0 fully saturated rings. The van der Waals surface area contributed by atoms with Gasteiger partial charge in [-0.2, -0.15) is 0 Å². The van der Waals surface area contributed by atoms with E-state index < -0.39 is 0 Å². The molecule has 0 unspecified atom stereocenters. The Morgan fingerprint density at radius 3 is 2.88 bits per heavy atom. The third-order valence-electron chi connectivity index (χ3n) is 2.98. The van der Waals surface area contributed by atoms with Gasteiger partial charge in [-0.3, -0.25) is 0 Å². The Kier molecular flexibility index (Phi) is 3.64. The minimum absolute atomic E-state index is 0.249. The summed E-state index contributed by atoms with van der Waals surface area (Å²) in [5.41, 5.74) is 8.62. The molecular formula is C13H19N3O. The summed E-state index contributed by atoms with van der Waals surface area (Å²) in [4.78, 5) is 4.62. The summed E-state index contributed by atoms with van der Waals surface area (Å²) in [6, 6.07) is 5.85. The highest BCUT2D eigenvalue weighted by molar-refractivity contribution is 5.79. The van der Waals surface area contributed by atoms with Crippen LogP contribution in [0.3, 0.4) is 0 Å². The van der Waals surface area contributed by atoms with Crippen molar-refractivity contribution in [2.45, 2.75) is 32.7 Å². The van der Waals surface area contributed by atoms with Crippen LogP contribution >= 0.6 is 0 Å². The number of unbranched alkanes of at least 4 members (excludes halogenated alkanes) is 1. The Hall–Kier alpha value is -1.55. The number of benzene rings is 1.